The second-order valence-electron chi connectivity index (χ2n) is 8.79. The van der Waals surface area contributed by atoms with Gasteiger partial charge in [-0.2, -0.15) is 0 Å². The maximum Gasteiger partial charge on any atom is -0.00241 e. The summed E-state index contributed by atoms with van der Waals surface area (Å²) in [6.07, 6.45) is 3.50. The van der Waals surface area contributed by atoms with E-state index in [2.05, 4.69) is 130 Å². The lowest BCUT2D eigenvalue weighted by Crippen LogP contribution is -1.85. The van der Waals surface area contributed by atoms with Crippen LogP contribution in [-0.2, 0) is 0 Å². The molecule has 0 heterocycles. The van der Waals surface area contributed by atoms with E-state index in [0.29, 0.717) is 0 Å². The van der Waals surface area contributed by atoms with E-state index in [0.717, 1.165) is 0 Å². The van der Waals surface area contributed by atoms with E-state index in [1.54, 1.807) is 12.2 Å². The summed E-state index contributed by atoms with van der Waals surface area (Å²) in [5, 5.41) is 8.23. The van der Waals surface area contributed by atoms with Crippen LogP contribution in [0.5, 0.6) is 0 Å². The fourth-order valence-electron chi connectivity index (χ4n) is 4.26. The smallest absolute Gasteiger partial charge is 0.00241 e. The van der Waals surface area contributed by atoms with E-state index in [-0.39, 0.29) is 7.43 Å². The molecule has 188 valence electrons. The largest absolute Gasteiger partial charge is 0.103 e. The van der Waals surface area contributed by atoms with E-state index in [1.165, 1.54) is 54.6 Å². The molecule has 37 heavy (non-hydrogen) atoms. The number of allylic oxidation sites excluding steroid dienone is 2. The molecule has 0 atom stereocenters. The highest BCUT2D eigenvalue weighted by Crippen LogP contribution is 2.35. The molecule has 0 N–H and O–H groups in total. The average Bonchev–Trinajstić information content (AvgIpc) is 2.91. The summed E-state index contributed by atoms with van der Waals surface area (Å²) in [4.78, 5) is 0. The van der Waals surface area contributed by atoms with Crippen molar-refractivity contribution in [2.24, 2.45) is 0 Å². The van der Waals surface area contributed by atoms with Gasteiger partial charge in [-0.3, -0.25) is 0 Å². The standard InChI is InChI=1S/C17H12.C13H12.2C3H6.CH4/c1-11-5-6-14-8-7-12-3-2-4-13-9-10-15(11)17(14)16(12)13;1-11-7-9-13(10-8-11)12-5-3-2-4-6-12;2*1-3-2;/h2-10H,1H3;2-10H,1H3;2*3H,1H2,2H3;1H4. The summed E-state index contributed by atoms with van der Waals surface area (Å²) in [5.41, 5.74) is 5.23. The zero-order chi connectivity index (χ0) is 25.9. The molecule has 0 saturated carbocycles. The van der Waals surface area contributed by atoms with Gasteiger partial charge in [-0.1, -0.05) is 134 Å². The minimum atomic E-state index is 0. The maximum atomic E-state index is 3.36. The molecule has 0 heteroatoms. The van der Waals surface area contributed by atoms with Crippen LogP contribution in [0.25, 0.3) is 43.4 Å². The van der Waals surface area contributed by atoms with E-state index in [9.17, 15) is 0 Å². The highest BCUT2D eigenvalue weighted by molar-refractivity contribution is 6.23. The molecule has 0 spiro atoms. The first-order valence-electron chi connectivity index (χ1n) is 12.4. The predicted octanol–water partition coefficient (Wildman–Crippen LogP) is 11.6. The molecule has 0 fully saturated rings. The Morgan fingerprint density at radius 2 is 0.946 bits per heavy atom. The van der Waals surface area contributed by atoms with Crippen LogP contribution in [-0.4, -0.2) is 0 Å². The topological polar surface area (TPSA) is 0 Å². The summed E-state index contributed by atoms with van der Waals surface area (Å²) in [6, 6.07) is 38.9. The van der Waals surface area contributed by atoms with Gasteiger partial charge in [-0.15, -0.1) is 13.2 Å². The fourth-order valence-corrected chi connectivity index (χ4v) is 4.26. The van der Waals surface area contributed by atoms with Crippen LogP contribution in [0.2, 0.25) is 0 Å². The van der Waals surface area contributed by atoms with E-state index in [4.69, 9.17) is 0 Å². The highest BCUT2D eigenvalue weighted by Gasteiger charge is 2.08. The van der Waals surface area contributed by atoms with E-state index < -0.39 is 0 Å². The van der Waals surface area contributed by atoms with Gasteiger partial charge in [0.05, 0.1) is 0 Å². The monoisotopic (exact) mass is 484 g/mol. The molecule has 0 unspecified atom stereocenters. The minimum Gasteiger partial charge on any atom is -0.103 e. The van der Waals surface area contributed by atoms with Crippen molar-refractivity contribution in [3.05, 3.63) is 146 Å². The van der Waals surface area contributed by atoms with Gasteiger partial charge in [0.25, 0.3) is 0 Å². The quantitative estimate of drug-likeness (QED) is 0.161. The molecular formula is C37H40. The lowest BCUT2D eigenvalue weighted by atomic mass is 9.92. The molecule has 0 aliphatic carbocycles. The number of rotatable bonds is 1. The van der Waals surface area contributed by atoms with Crippen LogP contribution in [0.1, 0.15) is 32.4 Å². The Morgan fingerprint density at radius 1 is 0.486 bits per heavy atom. The third-order valence-electron chi connectivity index (χ3n) is 5.91. The zero-order valence-corrected chi connectivity index (χ0v) is 22.0. The van der Waals surface area contributed by atoms with Crippen LogP contribution >= 0.6 is 0 Å². The second kappa shape index (κ2) is 14.4. The molecule has 0 aliphatic heterocycles. The molecular weight excluding hydrogens is 444 g/mol. The zero-order valence-electron chi connectivity index (χ0n) is 22.0. The Kier molecular flexibility index (Phi) is 11.3. The molecule has 0 radical (unpaired) electrons. The first-order chi connectivity index (χ1) is 17.5. The Morgan fingerprint density at radius 3 is 1.51 bits per heavy atom. The fraction of sp³-hybridized carbons (Fsp3) is 0.135. The summed E-state index contributed by atoms with van der Waals surface area (Å²) < 4.78 is 0. The Labute approximate surface area is 223 Å². The molecule has 0 saturated heterocycles. The lowest BCUT2D eigenvalue weighted by molar-refractivity contribution is 1.47. The molecule has 6 rings (SSSR count). The van der Waals surface area contributed by atoms with Crippen molar-refractivity contribution in [3.63, 3.8) is 0 Å². The first-order valence-corrected chi connectivity index (χ1v) is 12.4. The number of aryl methyl sites for hydroxylation is 2. The van der Waals surface area contributed by atoms with Crippen molar-refractivity contribution in [1.82, 2.24) is 0 Å². The molecule has 0 bridgehead atoms. The summed E-state index contributed by atoms with van der Waals surface area (Å²) in [7, 11) is 0. The number of hydrogen-bond donors (Lipinski definition) is 0. The lowest BCUT2D eigenvalue weighted by Gasteiger charge is -2.11. The van der Waals surface area contributed by atoms with E-state index in [1.807, 2.05) is 19.9 Å². The second-order valence-corrected chi connectivity index (χ2v) is 8.79. The number of hydrogen-bond acceptors (Lipinski definition) is 0. The predicted molar refractivity (Wildman–Crippen MR) is 170 cm³/mol. The Bertz CT molecular complexity index is 1500. The van der Waals surface area contributed by atoms with Crippen LogP contribution in [0, 0.1) is 13.8 Å². The SMILES string of the molecule is C.C=CC.C=CC.Cc1ccc(-c2ccccc2)cc1.Cc1ccc2ccc3cccc4ccc1c2c34. The average molecular weight is 485 g/mol. The minimum absolute atomic E-state index is 0. The third-order valence-corrected chi connectivity index (χ3v) is 5.91. The molecule has 0 amide bonds. The first kappa shape index (κ1) is 29.1. The molecule has 0 aromatic heterocycles. The highest BCUT2D eigenvalue weighted by atomic mass is 14.1. The van der Waals surface area contributed by atoms with Gasteiger partial charge in [0.1, 0.15) is 0 Å². The molecule has 0 aliphatic rings. The molecule has 6 aromatic rings. The summed E-state index contributed by atoms with van der Waals surface area (Å²) >= 11 is 0. The number of benzene rings is 6. The van der Waals surface area contributed by atoms with E-state index >= 15 is 0 Å². The summed E-state index contributed by atoms with van der Waals surface area (Å²) in [5.74, 6) is 0. The van der Waals surface area contributed by atoms with Gasteiger partial charge in [0.2, 0.25) is 0 Å². The van der Waals surface area contributed by atoms with Gasteiger partial charge < -0.3 is 0 Å². The van der Waals surface area contributed by atoms with Gasteiger partial charge in [0.15, 0.2) is 0 Å². The van der Waals surface area contributed by atoms with Crippen molar-refractivity contribution in [3.8, 4) is 11.1 Å². The normalized spacial score (nSPS) is 9.62. The van der Waals surface area contributed by atoms with Crippen molar-refractivity contribution < 1.29 is 0 Å². The van der Waals surface area contributed by atoms with Crippen molar-refractivity contribution in [2.75, 3.05) is 0 Å². The summed E-state index contributed by atoms with van der Waals surface area (Å²) in [6.45, 7) is 14.8. The Balaban J connectivity index is 0.000000215. The maximum absolute atomic E-state index is 3.36. The van der Waals surface area contributed by atoms with Crippen LogP contribution in [0.3, 0.4) is 0 Å². The van der Waals surface area contributed by atoms with Crippen LogP contribution in [0.15, 0.2) is 135 Å². The van der Waals surface area contributed by atoms with Crippen molar-refractivity contribution in [2.45, 2.75) is 35.1 Å². The van der Waals surface area contributed by atoms with Crippen LogP contribution in [0.4, 0.5) is 0 Å². The Hall–Kier alpha value is -4.16. The molecule has 6 aromatic carbocycles. The van der Waals surface area contributed by atoms with Gasteiger partial charge >= 0.3 is 0 Å². The van der Waals surface area contributed by atoms with Gasteiger partial charge in [-0.25, -0.2) is 0 Å². The van der Waals surface area contributed by atoms with Gasteiger partial charge in [0, 0.05) is 0 Å². The van der Waals surface area contributed by atoms with Crippen LogP contribution < -0.4 is 0 Å². The molecule has 0 nitrogen and oxygen atoms in total. The van der Waals surface area contributed by atoms with Crippen molar-refractivity contribution in [1.29, 1.82) is 0 Å². The third kappa shape index (κ3) is 7.18. The van der Waals surface area contributed by atoms with Gasteiger partial charge in [-0.05, 0) is 76.7 Å². The van der Waals surface area contributed by atoms with Crippen molar-refractivity contribution >= 4 is 32.3 Å².